The molecule has 1 amide bonds. The van der Waals surface area contributed by atoms with E-state index in [9.17, 15) is 27.2 Å². The van der Waals surface area contributed by atoms with Gasteiger partial charge in [-0.15, -0.1) is 0 Å². The van der Waals surface area contributed by atoms with Crippen LogP contribution in [-0.4, -0.2) is 44.6 Å². The molecule has 3 rings (SSSR count). The summed E-state index contributed by atoms with van der Waals surface area (Å²) in [5.41, 5.74) is -0.477. The number of hydrogen-bond donors (Lipinski definition) is 2. The van der Waals surface area contributed by atoms with Gasteiger partial charge in [-0.25, -0.2) is 17.6 Å². The number of hydrogen-bond acceptors (Lipinski definition) is 5. The van der Waals surface area contributed by atoms with E-state index in [2.05, 4.69) is 10.1 Å². The van der Waals surface area contributed by atoms with Crippen LogP contribution in [0.5, 0.6) is 0 Å². The number of carbonyl (C=O) groups is 1. The molecule has 1 aromatic carbocycles. The third-order valence-electron chi connectivity index (χ3n) is 4.28. The Bertz CT molecular complexity index is 1110. The van der Waals surface area contributed by atoms with Gasteiger partial charge in [0.1, 0.15) is 12.2 Å². The summed E-state index contributed by atoms with van der Waals surface area (Å²) in [6.07, 6.45) is -6.27. The molecular weight excluding hydrogens is 420 g/mol. The van der Waals surface area contributed by atoms with Crippen LogP contribution >= 0.6 is 0 Å². The first kappa shape index (κ1) is 22.1. The molecule has 0 aliphatic carbocycles. The molecular formula is C20H16F4N4O3. The topological polar surface area (TPSA) is 97.1 Å². The Labute approximate surface area is 173 Å². The van der Waals surface area contributed by atoms with Crippen molar-refractivity contribution in [2.75, 3.05) is 0 Å². The van der Waals surface area contributed by atoms with E-state index in [0.29, 0.717) is 11.1 Å². The molecule has 2 N–H and O–H groups in total. The fourth-order valence-corrected chi connectivity index (χ4v) is 2.63. The summed E-state index contributed by atoms with van der Waals surface area (Å²) in [7, 11) is 0. The first-order valence-corrected chi connectivity index (χ1v) is 8.93. The molecule has 0 saturated carbocycles. The van der Waals surface area contributed by atoms with E-state index in [4.69, 9.17) is 5.11 Å². The van der Waals surface area contributed by atoms with Crippen LogP contribution in [0, 0.1) is 0 Å². The first-order valence-electron chi connectivity index (χ1n) is 8.93. The first-order chi connectivity index (χ1) is 14.8. The van der Waals surface area contributed by atoms with E-state index in [0.717, 1.165) is 10.7 Å². The highest BCUT2D eigenvalue weighted by molar-refractivity contribution is 5.95. The van der Waals surface area contributed by atoms with Crippen molar-refractivity contribution >= 4 is 5.91 Å². The Morgan fingerprint density at radius 1 is 1.16 bits per heavy atom. The monoisotopic (exact) mass is 436 g/mol. The van der Waals surface area contributed by atoms with E-state index in [-0.39, 0.29) is 11.4 Å². The van der Waals surface area contributed by atoms with E-state index in [1.807, 2.05) is 0 Å². The second kappa shape index (κ2) is 9.47. The number of nitrogens with one attached hydrogen (secondary N) is 1. The van der Waals surface area contributed by atoms with Crippen LogP contribution in [0.2, 0.25) is 0 Å². The minimum atomic E-state index is -3.44. The Morgan fingerprint density at radius 3 is 2.45 bits per heavy atom. The van der Waals surface area contributed by atoms with Gasteiger partial charge in [-0.2, -0.15) is 9.78 Å². The largest absolute Gasteiger partial charge is 0.382 e. The summed E-state index contributed by atoms with van der Waals surface area (Å²) in [4.78, 5) is 29.1. The number of amides is 1. The van der Waals surface area contributed by atoms with Crippen LogP contribution in [0.15, 0.2) is 59.7 Å². The van der Waals surface area contributed by atoms with Crippen LogP contribution in [-0.2, 0) is 6.67 Å². The lowest BCUT2D eigenvalue weighted by molar-refractivity contribution is -0.0551. The van der Waals surface area contributed by atoms with Crippen molar-refractivity contribution in [2.45, 2.75) is 25.5 Å². The van der Waals surface area contributed by atoms with Crippen LogP contribution in [0.1, 0.15) is 15.9 Å². The smallest absolute Gasteiger partial charge is 0.284 e. The van der Waals surface area contributed by atoms with Gasteiger partial charge in [0.05, 0.1) is 17.6 Å². The van der Waals surface area contributed by atoms with Gasteiger partial charge in [0, 0.05) is 11.8 Å². The van der Waals surface area contributed by atoms with Gasteiger partial charge in [0.25, 0.3) is 17.9 Å². The normalized spacial score (nSPS) is 13.1. The molecule has 2 heterocycles. The molecule has 0 saturated heterocycles. The molecule has 2 atom stereocenters. The van der Waals surface area contributed by atoms with Crippen LogP contribution < -0.4 is 10.9 Å². The zero-order valence-corrected chi connectivity index (χ0v) is 15.8. The maximum Gasteiger partial charge on any atom is 0.284 e. The number of aliphatic hydroxyl groups excluding tert-OH is 1. The second-order valence-electron chi connectivity index (χ2n) is 6.40. The highest BCUT2D eigenvalue weighted by Gasteiger charge is 2.30. The second-order valence-corrected chi connectivity index (χ2v) is 6.40. The van der Waals surface area contributed by atoms with Gasteiger partial charge in [-0.3, -0.25) is 14.6 Å². The van der Waals surface area contributed by atoms with Crippen molar-refractivity contribution in [3.63, 3.8) is 0 Å². The fraction of sp³-hybridized carbons (Fsp3) is 0.200. The molecule has 31 heavy (non-hydrogen) atoms. The number of aliphatic hydroxyl groups is 1. The van der Waals surface area contributed by atoms with Gasteiger partial charge in [0.2, 0.25) is 6.30 Å². The molecule has 1 unspecified atom stereocenters. The van der Waals surface area contributed by atoms with Gasteiger partial charge in [-0.05, 0) is 23.8 Å². The Balaban J connectivity index is 2.09. The third kappa shape index (κ3) is 4.94. The zero-order chi connectivity index (χ0) is 22.5. The summed E-state index contributed by atoms with van der Waals surface area (Å²) < 4.78 is 52.4. The van der Waals surface area contributed by atoms with Crippen molar-refractivity contribution in [1.29, 1.82) is 0 Å². The minimum Gasteiger partial charge on any atom is -0.382 e. The van der Waals surface area contributed by atoms with Crippen LogP contribution in [0.25, 0.3) is 16.9 Å². The molecule has 2 aromatic heterocycles. The van der Waals surface area contributed by atoms with E-state index in [1.165, 1.54) is 48.8 Å². The Kier molecular flexibility index (Phi) is 6.75. The quantitative estimate of drug-likeness (QED) is 0.438. The number of carbonyl (C=O) groups excluding carboxylic acids is 1. The summed E-state index contributed by atoms with van der Waals surface area (Å²) >= 11 is 0. The lowest BCUT2D eigenvalue weighted by Gasteiger charge is -2.16. The highest BCUT2D eigenvalue weighted by Crippen LogP contribution is 2.19. The summed E-state index contributed by atoms with van der Waals surface area (Å²) in [5, 5.41) is 14.8. The lowest BCUT2D eigenvalue weighted by atomic mass is 10.1. The SMILES string of the molecule is O=C(NC(F)[C@H](O)C(F)F)c1cc(-c2ccc(CF)cc2)nn(-c2cccnc2)c1=O. The molecule has 0 radical (unpaired) electrons. The number of pyridine rings is 1. The average molecular weight is 436 g/mol. The Morgan fingerprint density at radius 2 is 1.87 bits per heavy atom. The number of nitrogens with zero attached hydrogens (tertiary/aromatic N) is 3. The predicted octanol–water partition coefficient (Wildman–Crippen LogP) is 2.42. The molecule has 3 aromatic rings. The number of rotatable bonds is 7. The van der Waals surface area contributed by atoms with Crippen LogP contribution in [0.3, 0.4) is 0 Å². The van der Waals surface area contributed by atoms with E-state index in [1.54, 1.807) is 5.32 Å². The van der Waals surface area contributed by atoms with Crippen LogP contribution in [0.4, 0.5) is 17.6 Å². The fourth-order valence-electron chi connectivity index (χ4n) is 2.63. The van der Waals surface area contributed by atoms with Crippen molar-refractivity contribution in [2.24, 2.45) is 0 Å². The summed E-state index contributed by atoms with van der Waals surface area (Å²) in [5.74, 6) is -1.32. The van der Waals surface area contributed by atoms with Crippen molar-refractivity contribution < 1.29 is 27.5 Å². The molecule has 0 fully saturated rings. The van der Waals surface area contributed by atoms with Gasteiger partial charge < -0.3 is 10.4 Å². The van der Waals surface area contributed by atoms with E-state index >= 15 is 0 Å². The molecule has 11 heteroatoms. The average Bonchev–Trinajstić information content (AvgIpc) is 2.79. The molecule has 0 bridgehead atoms. The molecule has 0 spiro atoms. The van der Waals surface area contributed by atoms with Gasteiger partial charge in [-0.1, -0.05) is 24.3 Å². The zero-order valence-electron chi connectivity index (χ0n) is 15.8. The van der Waals surface area contributed by atoms with Crippen molar-refractivity contribution in [3.05, 3.63) is 76.3 Å². The number of benzene rings is 1. The number of halogens is 4. The number of aromatic nitrogens is 3. The standard InChI is InChI=1S/C20H16F4N4O3/c21-9-11-3-5-12(6-4-11)15-8-14(19(30)26-18(24)16(29)17(22)23)20(31)28(27-15)13-2-1-7-25-10-13/h1-8,10,16-18,29H,9H2,(H,26,30)/t16-,18?/m1/s1. The number of alkyl halides is 4. The molecule has 0 aliphatic heterocycles. The van der Waals surface area contributed by atoms with E-state index < -0.39 is 42.5 Å². The highest BCUT2D eigenvalue weighted by atomic mass is 19.3. The maximum atomic E-state index is 13.8. The minimum absolute atomic E-state index is 0.101. The maximum absolute atomic E-state index is 13.8. The third-order valence-corrected chi connectivity index (χ3v) is 4.28. The van der Waals surface area contributed by atoms with Gasteiger partial charge >= 0.3 is 0 Å². The molecule has 162 valence electrons. The molecule has 0 aliphatic rings. The summed E-state index contributed by atoms with van der Waals surface area (Å²) in [6, 6.07) is 10.0. The van der Waals surface area contributed by atoms with Crippen molar-refractivity contribution in [3.8, 4) is 16.9 Å². The Hall–Kier alpha value is -3.60. The van der Waals surface area contributed by atoms with Gasteiger partial charge in [0.15, 0.2) is 6.10 Å². The van der Waals surface area contributed by atoms with Crippen molar-refractivity contribution in [1.82, 2.24) is 20.1 Å². The lowest BCUT2D eigenvalue weighted by Crippen LogP contribution is -2.45. The summed E-state index contributed by atoms with van der Waals surface area (Å²) in [6.45, 7) is -0.694. The predicted molar refractivity (Wildman–Crippen MR) is 102 cm³/mol. The molecule has 7 nitrogen and oxygen atoms in total.